The average molecular weight is 884 g/mol. The second-order valence-corrected chi connectivity index (χ2v) is 13.4. The SMILES string of the molecule is [N-]=[N+]=NCCOCCOCCOCCOCCOCCOCCOCCOCCNC(=O)COCC(=O)OP(=O)(O)OCC1OC(n2cnc3c(N)ncnc32)C(O)C1O. The molecule has 340 valence electrons. The van der Waals surface area contributed by atoms with Crippen molar-refractivity contribution in [2.24, 2.45) is 5.11 Å². The number of amides is 1. The van der Waals surface area contributed by atoms with Gasteiger partial charge in [-0.2, -0.15) is 0 Å². The quantitative estimate of drug-likeness (QED) is 0.0167. The van der Waals surface area contributed by atoms with Crippen molar-refractivity contribution in [3.63, 3.8) is 0 Å². The molecular weight excluding hydrogens is 829 g/mol. The van der Waals surface area contributed by atoms with Gasteiger partial charge in [0.15, 0.2) is 17.7 Å². The predicted molar refractivity (Wildman–Crippen MR) is 202 cm³/mol. The smallest absolute Gasteiger partial charge is 0.387 e. The number of nitrogens with one attached hydrogen (secondary N) is 1. The van der Waals surface area contributed by atoms with Gasteiger partial charge in [0.1, 0.15) is 43.4 Å². The molecule has 2 aromatic heterocycles. The molecule has 0 spiro atoms. The summed E-state index contributed by atoms with van der Waals surface area (Å²) >= 11 is 0. The summed E-state index contributed by atoms with van der Waals surface area (Å²) in [5.41, 5.74) is 14.4. The molecule has 27 nitrogen and oxygen atoms in total. The first-order valence-corrected chi connectivity index (χ1v) is 20.2. The minimum absolute atomic E-state index is 0.0840. The van der Waals surface area contributed by atoms with Crippen LogP contribution in [-0.2, 0) is 70.6 Å². The van der Waals surface area contributed by atoms with E-state index in [2.05, 4.69) is 34.8 Å². The van der Waals surface area contributed by atoms with Gasteiger partial charge >= 0.3 is 13.8 Å². The molecule has 1 aliphatic rings. The average Bonchev–Trinajstić information content (AvgIpc) is 3.78. The molecule has 0 radical (unpaired) electrons. The summed E-state index contributed by atoms with van der Waals surface area (Å²) in [7, 11) is -5.01. The fraction of sp³-hybridized carbons (Fsp3) is 0.781. The Kier molecular flexibility index (Phi) is 25.6. The maximum atomic E-state index is 12.3. The van der Waals surface area contributed by atoms with Crippen molar-refractivity contribution in [2.45, 2.75) is 24.5 Å². The summed E-state index contributed by atoms with van der Waals surface area (Å²) in [6, 6.07) is 0. The molecule has 60 heavy (non-hydrogen) atoms. The lowest BCUT2D eigenvalue weighted by molar-refractivity contribution is -0.143. The van der Waals surface area contributed by atoms with Crippen LogP contribution in [0.4, 0.5) is 5.82 Å². The minimum Gasteiger partial charge on any atom is -0.387 e. The number of aliphatic hydroxyl groups is 2. The lowest BCUT2D eigenvalue weighted by Crippen LogP contribution is -2.33. The number of carbonyl (C=O) groups is 2. The molecule has 2 aromatic rings. The van der Waals surface area contributed by atoms with Gasteiger partial charge < -0.3 is 73.2 Å². The highest BCUT2D eigenvalue weighted by Crippen LogP contribution is 2.44. The molecule has 0 saturated carbocycles. The first-order valence-electron chi connectivity index (χ1n) is 18.7. The number of hydrogen-bond donors (Lipinski definition) is 5. The Bertz CT molecular complexity index is 1610. The van der Waals surface area contributed by atoms with Crippen LogP contribution in [-0.4, -0.2) is 203 Å². The Morgan fingerprint density at radius 1 is 0.800 bits per heavy atom. The van der Waals surface area contributed by atoms with Crippen molar-refractivity contribution in [1.29, 1.82) is 0 Å². The van der Waals surface area contributed by atoms with Crippen molar-refractivity contribution in [3.05, 3.63) is 23.1 Å². The number of aliphatic hydroxyl groups excluding tert-OH is 2. The molecule has 5 atom stereocenters. The van der Waals surface area contributed by atoms with E-state index >= 15 is 0 Å². The molecule has 3 rings (SSSR count). The van der Waals surface area contributed by atoms with E-state index in [1.165, 1.54) is 17.2 Å². The van der Waals surface area contributed by atoms with Gasteiger partial charge in [0, 0.05) is 18.0 Å². The van der Waals surface area contributed by atoms with Crippen LogP contribution < -0.4 is 11.1 Å². The number of hydrogen-bond acceptors (Lipinski definition) is 22. The summed E-state index contributed by atoms with van der Waals surface area (Å²) in [4.78, 5) is 48.5. The van der Waals surface area contributed by atoms with Crippen LogP contribution in [0.2, 0.25) is 0 Å². The summed E-state index contributed by atoms with van der Waals surface area (Å²) in [5.74, 6) is -1.80. The summed E-state index contributed by atoms with van der Waals surface area (Å²) in [5, 5.41) is 26.8. The van der Waals surface area contributed by atoms with Crippen molar-refractivity contribution in [3.8, 4) is 0 Å². The number of anilines is 1. The molecule has 0 bridgehead atoms. The molecule has 3 heterocycles. The topological polar surface area (TPSA) is 353 Å². The molecular formula is C32H54N9O18P. The normalized spacial score (nSPS) is 18.6. The van der Waals surface area contributed by atoms with E-state index < -0.39 is 64.1 Å². The summed E-state index contributed by atoms with van der Waals surface area (Å²) < 4.78 is 76.3. The third-order valence-electron chi connectivity index (χ3n) is 7.64. The number of rotatable bonds is 36. The first-order chi connectivity index (χ1) is 29.1. The number of phosphoric acid groups is 1. The fourth-order valence-corrected chi connectivity index (χ4v) is 5.53. The number of nitrogen functional groups attached to an aromatic ring is 1. The molecule has 5 unspecified atom stereocenters. The van der Waals surface area contributed by atoms with E-state index in [1.54, 1.807) is 0 Å². The summed E-state index contributed by atoms with van der Waals surface area (Å²) in [6.07, 6.45) is -3.16. The fourth-order valence-electron chi connectivity index (χ4n) is 4.83. The van der Waals surface area contributed by atoms with Crippen LogP contribution in [0.15, 0.2) is 17.8 Å². The van der Waals surface area contributed by atoms with E-state index in [1.807, 2.05) is 0 Å². The molecule has 1 fully saturated rings. The van der Waals surface area contributed by atoms with Crippen LogP contribution in [0, 0.1) is 0 Å². The van der Waals surface area contributed by atoms with Crippen molar-refractivity contribution in [2.75, 3.05) is 144 Å². The van der Waals surface area contributed by atoms with Gasteiger partial charge in [-0.1, -0.05) is 5.11 Å². The Hall–Kier alpha value is -3.73. The second-order valence-electron chi connectivity index (χ2n) is 12.1. The van der Waals surface area contributed by atoms with Crippen molar-refractivity contribution in [1.82, 2.24) is 24.8 Å². The Balaban J connectivity index is 1.05. The Labute approximate surface area is 344 Å². The van der Waals surface area contributed by atoms with Crippen LogP contribution in [0.25, 0.3) is 21.6 Å². The van der Waals surface area contributed by atoms with Gasteiger partial charge in [-0.3, -0.25) is 18.8 Å². The number of azide groups is 1. The zero-order valence-corrected chi connectivity index (χ0v) is 33.8. The molecule has 1 saturated heterocycles. The number of aromatic nitrogens is 4. The predicted octanol–water partition coefficient (Wildman–Crippen LogP) is -1.74. The highest BCUT2D eigenvalue weighted by atomic mass is 31.2. The molecule has 28 heteroatoms. The number of nitrogens with zero attached hydrogens (tertiary/aromatic N) is 7. The molecule has 1 aliphatic heterocycles. The van der Waals surface area contributed by atoms with Gasteiger partial charge in [-0.25, -0.2) is 24.3 Å². The number of fused-ring (bicyclic) bond motifs is 1. The Morgan fingerprint density at radius 3 is 1.88 bits per heavy atom. The van der Waals surface area contributed by atoms with Crippen LogP contribution >= 0.6 is 7.82 Å². The van der Waals surface area contributed by atoms with Gasteiger partial charge in [-0.05, 0) is 5.53 Å². The van der Waals surface area contributed by atoms with E-state index in [4.69, 9.17) is 63.2 Å². The van der Waals surface area contributed by atoms with E-state index in [9.17, 15) is 29.3 Å². The minimum atomic E-state index is -5.01. The standard InChI is InChI=1S/C32H54N9O18P/c33-30-27-31(37-22-36-30)41(23-38-27)32-29(45)28(44)24(58-32)19-57-60(46,47)59-26(43)21-56-20-25(42)35-1-3-48-5-7-50-9-11-52-13-15-54-17-18-55-16-14-53-12-10-51-8-6-49-4-2-39-40-34/h22-24,28-29,32,44-45H,1-21H2,(H,35,42)(H,46,47)(H2,33,36,37). The number of ether oxygens (including phenoxy) is 10. The first kappa shape index (κ1) is 50.6. The van der Waals surface area contributed by atoms with Gasteiger partial charge in [0.25, 0.3) is 0 Å². The van der Waals surface area contributed by atoms with E-state index in [0.29, 0.717) is 99.0 Å². The summed E-state index contributed by atoms with van der Waals surface area (Å²) in [6.45, 7) is 4.48. The van der Waals surface area contributed by atoms with Crippen LogP contribution in [0.5, 0.6) is 0 Å². The molecule has 0 aliphatic carbocycles. The van der Waals surface area contributed by atoms with Crippen LogP contribution in [0.1, 0.15) is 6.23 Å². The number of imidazole rings is 1. The van der Waals surface area contributed by atoms with Crippen molar-refractivity contribution >= 4 is 36.7 Å². The number of phosphoric ester groups is 1. The lowest BCUT2D eigenvalue weighted by atomic mass is 10.1. The monoisotopic (exact) mass is 883 g/mol. The highest BCUT2D eigenvalue weighted by Gasteiger charge is 2.45. The number of nitrogens with two attached hydrogens (primary N) is 1. The maximum absolute atomic E-state index is 12.3. The highest BCUT2D eigenvalue weighted by molar-refractivity contribution is 7.48. The maximum Gasteiger partial charge on any atom is 0.529 e. The lowest BCUT2D eigenvalue weighted by Gasteiger charge is -2.17. The number of carbonyl (C=O) groups excluding carboxylic acids is 2. The molecule has 1 amide bonds. The third-order valence-corrected chi connectivity index (χ3v) is 8.55. The van der Waals surface area contributed by atoms with E-state index in [-0.39, 0.29) is 36.7 Å². The van der Waals surface area contributed by atoms with Gasteiger partial charge in [0.2, 0.25) is 5.91 Å². The zero-order chi connectivity index (χ0) is 43.3. The third kappa shape index (κ3) is 20.7. The van der Waals surface area contributed by atoms with Gasteiger partial charge in [0.05, 0.1) is 119 Å². The van der Waals surface area contributed by atoms with Crippen LogP contribution in [0.3, 0.4) is 0 Å². The molecule has 0 aromatic carbocycles. The van der Waals surface area contributed by atoms with E-state index in [0.717, 1.165) is 0 Å². The zero-order valence-electron chi connectivity index (χ0n) is 32.9. The van der Waals surface area contributed by atoms with Gasteiger partial charge in [-0.15, -0.1) is 0 Å². The largest absolute Gasteiger partial charge is 0.529 e. The second kappa shape index (κ2) is 30.3. The molecule has 6 N–H and O–H groups in total. The Morgan fingerprint density at radius 2 is 1.33 bits per heavy atom. The van der Waals surface area contributed by atoms with Crippen molar-refractivity contribution < 1.29 is 85.7 Å².